The first kappa shape index (κ1) is 20.7. The molecule has 0 unspecified atom stereocenters. The summed E-state index contributed by atoms with van der Waals surface area (Å²) in [5.74, 6) is 2.58. The lowest BCUT2D eigenvalue weighted by molar-refractivity contribution is 0.304. The Morgan fingerprint density at radius 2 is 2.08 bits per heavy atom. The molecule has 1 fully saturated rings. The molecule has 0 spiro atoms. The third kappa shape index (κ3) is 5.69. The van der Waals surface area contributed by atoms with E-state index in [1.54, 1.807) is 0 Å². The van der Waals surface area contributed by atoms with E-state index in [1.807, 2.05) is 19.2 Å². The average Bonchev–Trinajstić information content (AvgIpc) is 3.21. The topological polar surface area (TPSA) is 78.0 Å². The van der Waals surface area contributed by atoms with Crippen molar-refractivity contribution >= 4 is 29.9 Å². The third-order valence-corrected chi connectivity index (χ3v) is 5.06. The van der Waals surface area contributed by atoms with Gasteiger partial charge in [-0.2, -0.15) is 5.10 Å². The van der Waals surface area contributed by atoms with E-state index < -0.39 is 0 Å². The number of aliphatic imine (C=N–C) groups is 1. The number of halogens is 1. The lowest BCUT2D eigenvalue weighted by atomic mass is 9.84. The molecular weight excluding hydrogens is 439 g/mol. The summed E-state index contributed by atoms with van der Waals surface area (Å²) in [6.07, 6.45) is 7.95. The SMILES string of the molecule is CCC1CCC(NC(=NC)NCc2cccc(-c3ncn[nH]3)c2)CC1.I. The molecule has 142 valence electrons. The van der Waals surface area contributed by atoms with Crippen LogP contribution in [-0.4, -0.2) is 34.2 Å². The molecule has 3 N–H and O–H groups in total. The van der Waals surface area contributed by atoms with Crippen molar-refractivity contribution in [1.82, 2.24) is 25.8 Å². The van der Waals surface area contributed by atoms with Gasteiger partial charge < -0.3 is 10.6 Å². The molecule has 1 heterocycles. The molecule has 0 bridgehead atoms. The maximum absolute atomic E-state index is 4.37. The van der Waals surface area contributed by atoms with Crippen LogP contribution in [0.2, 0.25) is 0 Å². The zero-order chi connectivity index (χ0) is 17.5. The standard InChI is InChI=1S/C19H28N6.HI/c1-3-14-7-9-17(10-8-14)24-19(20-2)21-12-15-5-4-6-16(11-15)18-22-13-23-25-18;/h4-6,11,13-14,17H,3,7-10,12H2,1-2H3,(H2,20,21,24)(H,22,23,25);1H. The smallest absolute Gasteiger partial charge is 0.191 e. The largest absolute Gasteiger partial charge is 0.354 e. The predicted octanol–water partition coefficient (Wildman–Crippen LogP) is 3.72. The van der Waals surface area contributed by atoms with Gasteiger partial charge in [-0.3, -0.25) is 10.1 Å². The molecule has 1 aliphatic rings. The minimum absolute atomic E-state index is 0. The summed E-state index contributed by atoms with van der Waals surface area (Å²) < 4.78 is 0. The van der Waals surface area contributed by atoms with Gasteiger partial charge in [-0.05, 0) is 43.2 Å². The monoisotopic (exact) mass is 468 g/mol. The lowest BCUT2D eigenvalue weighted by Gasteiger charge is -2.29. The summed E-state index contributed by atoms with van der Waals surface area (Å²) in [6, 6.07) is 8.83. The molecule has 26 heavy (non-hydrogen) atoms. The Morgan fingerprint density at radius 3 is 2.73 bits per heavy atom. The molecule has 6 nitrogen and oxygen atoms in total. The van der Waals surface area contributed by atoms with Gasteiger partial charge >= 0.3 is 0 Å². The number of aromatic amines is 1. The second kappa shape index (κ2) is 10.5. The highest BCUT2D eigenvalue weighted by molar-refractivity contribution is 14.0. The van der Waals surface area contributed by atoms with Crippen molar-refractivity contribution in [3.05, 3.63) is 36.2 Å². The first-order valence-corrected chi connectivity index (χ1v) is 9.20. The van der Waals surface area contributed by atoms with E-state index in [0.29, 0.717) is 6.04 Å². The van der Waals surface area contributed by atoms with E-state index >= 15 is 0 Å². The van der Waals surface area contributed by atoms with Crippen molar-refractivity contribution in [2.45, 2.75) is 51.6 Å². The van der Waals surface area contributed by atoms with Crippen LogP contribution >= 0.6 is 24.0 Å². The molecule has 1 aromatic heterocycles. The summed E-state index contributed by atoms with van der Waals surface area (Å²) in [6.45, 7) is 3.03. The molecule has 1 aliphatic carbocycles. The van der Waals surface area contributed by atoms with Crippen LogP contribution in [0.4, 0.5) is 0 Å². The van der Waals surface area contributed by atoms with Gasteiger partial charge in [-0.25, -0.2) is 4.98 Å². The zero-order valence-corrected chi connectivity index (χ0v) is 17.9. The molecule has 0 radical (unpaired) electrons. The quantitative estimate of drug-likeness (QED) is 0.355. The Bertz CT molecular complexity index is 677. The number of hydrogen-bond donors (Lipinski definition) is 3. The fourth-order valence-corrected chi connectivity index (χ4v) is 3.46. The molecular formula is C19H29IN6. The Hall–Kier alpha value is -1.64. The van der Waals surface area contributed by atoms with Gasteiger partial charge in [0.1, 0.15) is 6.33 Å². The maximum atomic E-state index is 4.37. The molecule has 1 aromatic carbocycles. The van der Waals surface area contributed by atoms with Crippen LogP contribution in [0, 0.1) is 5.92 Å². The molecule has 0 aliphatic heterocycles. The van der Waals surface area contributed by atoms with Gasteiger partial charge in [0, 0.05) is 25.2 Å². The minimum Gasteiger partial charge on any atom is -0.354 e. The van der Waals surface area contributed by atoms with Crippen molar-refractivity contribution in [2.24, 2.45) is 10.9 Å². The van der Waals surface area contributed by atoms with E-state index in [0.717, 1.165) is 29.8 Å². The molecule has 0 atom stereocenters. The molecule has 0 saturated heterocycles. The number of benzene rings is 1. The molecule has 0 amide bonds. The van der Waals surface area contributed by atoms with E-state index in [2.05, 4.69) is 49.9 Å². The average molecular weight is 468 g/mol. The highest BCUT2D eigenvalue weighted by Crippen LogP contribution is 2.26. The number of rotatable bonds is 5. The van der Waals surface area contributed by atoms with Crippen molar-refractivity contribution in [2.75, 3.05) is 7.05 Å². The Balaban J connectivity index is 0.00000243. The van der Waals surface area contributed by atoms with Crippen molar-refractivity contribution in [3.63, 3.8) is 0 Å². The van der Waals surface area contributed by atoms with Gasteiger partial charge in [0.05, 0.1) is 0 Å². The van der Waals surface area contributed by atoms with Crippen LogP contribution in [0.5, 0.6) is 0 Å². The molecule has 1 saturated carbocycles. The van der Waals surface area contributed by atoms with Gasteiger partial charge in [-0.15, -0.1) is 24.0 Å². The Labute approximate surface area is 172 Å². The van der Waals surface area contributed by atoms with Gasteiger partial charge in [-0.1, -0.05) is 31.5 Å². The zero-order valence-electron chi connectivity index (χ0n) is 15.5. The summed E-state index contributed by atoms with van der Waals surface area (Å²) in [7, 11) is 1.83. The van der Waals surface area contributed by atoms with Crippen molar-refractivity contribution in [3.8, 4) is 11.4 Å². The summed E-state index contributed by atoms with van der Waals surface area (Å²) in [4.78, 5) is 8.58. The van der Waals surface area contributed by atoms with E-state index in [4.69, 9.17) is 0 Å². The van der Waals surface area contributed by atoms with Crippen LogP contribution in [0.15, 0.2) is 35.6 Å². The van der Waals surface area contributed by atoms with E-state index in [9.17, 15) is 0 Å². The fourth-order valence-electron chi connectivity index (χ4n) is 3.46. The lowest BCUT2D eigenvalue weighted by Crippen LogP contribution is -2.44. The number of nitrogens with one attached hydrogen (secondary N) is 3. The van der Waals surface area contributed by atoms with E-state index in [-0.39, 0.29) is 24.0 Å². The van der Waals surface area contributed by atoms with Crippen molar-refractivity contribution < 1.29 is 0 Å². The van der Waals surface area contributed by atoms with Gasteiger partial charge in [0.25, 0.3) is 0 Å². The molecule has 7 heteroatoms. The first-order valence-electron chi connectivity index (χ1n) is 9.20. The maximum Gasteiger partial charge on any atom is 0.191 e. The first-order chi connectivity index (χ1) is 12.3. The minimum atomic E-state index is 0. The molecule has 3 rings (SSSR count). The fraction of sp³-hybridized carbons (Fsp3) is 0.526. The number of guanidine groups is 1. The van der Waals surface area contributed by atoms with Crippen LogP contribution in [-0.2, 0) is 6.54 Å². The molecule has 2 aromatic rings. The number of aromatic nitrogens is 3. The van der Waals surface area contributed by atoms with Crippen LogP contribution in [0.3, 0.4) is 0 Å². The van der Waals surface area contributed by atoms with Crippen LogP contribution in [0.25, 0.3) is 11.4 Å². The highest BCUT2D eigenvalue weighted by Gasteiger charge is 2.20. The third-order valence-electron chi connectivity index (χ3n) is 5.06. The Morgan fingerprint density at radius 1 is 1.27 bits per heavy atom. The number of H-pyrrole nitrogens is 1. The predicted molar refractivity (Wildman–Crippen MR) is 117 cm³/mol. The highest BCUT2D eigenvalue weighted by atomic mass is 127. The van der Waals surface area contributed by atoms with Crippen LogP contribution < -0.4 is 10.6 Å². The van der Waals surface area contributed by atoms with Crippen LogP contribution in [0.1, 0.15) is 44.6 Å². The summed E-state index contributed by atoms with van der Waals surface area (Å²) in [5.41, 5.74) is 2.23. The number of hydrogen-bond acceptors (Lipinski definition) is 3. The normalized spacial score (nSPS) is 20.3. The van der Waals surface area contributed by atoms with Gasteiger partial charge in [0.15, 0.2) is 11.8 Å². The second-order valence-electron chi connectivity index (χ2n) is 6.73. The second-order valence-corrected chi connectivity index (χ2v) is 6.73. The Kier molecular flexibility index (Phi) is 8.34. The summed E-state index contributed by atoms with van der Waals surface area (Å²) in [5, 5.41) is 13.8. The number of nitrogens with zero attached hydrogens (tertiary/aromatic N) is 3. The van der Waals surface area contributed by atoms with E-state index in [1.165, 1.54) is 44.0 Å². The van der Waals surface area contributed by atoms with Gasteiger partial charge in [0.2, 0.25) is 0 Å². The van der Waals surface area contributed by atoms with Crippen molar-refractivity contribution in [1.29, 1.82) is 0 Å². The summed E-state index contributed by atoms with van der Waals surface area (Å²) >= 11 is 0.